The molecule has 1 heterocycles. The van der Waals surface area contributed by atoms with Crippen LogP contribution in [0, 0.1) is 5.92 Å². The Kier molecular flexibility index (Phi) is 6.06. The summed E-state index contributed by atoms with van der Waals surface area (Å²) in [7, 11) is 0. The largest absolute Gasteiger partial charge is 0.309 e. The maximum absolute atomic E-state index is 3.73. The molecule has 0 aliphatic carbocycles. The fourth-order valence-corrected chi connectivity index (χ4v) is 3.36. The Balaban J connectivity index is 2.04. The number of benzene rings is 1. The van der Waals surface area contributed by atoms with Gasteiger partial charge in [-0.05, 0) is 43.8 Å². The summed E-state index contributed by atoms with van der Waals surface area (Å²) in [5.74, 6) is 0.764. The van der Waals surface area contributed by atoms with Crippen molar-refractivity contribution in [3.8, 4) is 0 Å². The average Bonchev–Trinajstić information content (AvgIpc) is 2.92. The molecule has 0 spiro atoms. The van der Waals surface area contributed by atoms with Crippen LogP contribution in [0.15, 0.2) is 30.3 Å². The highest BCUT2D eigenvalue weighted by Gasteiger charge is 2.28. The fraction of sp³-hybridized carbons (Fsp3) is 0.667. The van der Waals surface area contributed by atoms with Crippen LogP contribution in [0.1, 0.15) is 51.6 Å². The summed E-state index contributed by atoms with van der Waals surface area (Å²) in [6.07, 6.45) is 3.92. The predicted octanol–water partition coefficient (Wildman–Crippen LogP) is 3.85. The molecule has 1 fully saturated rings. The quantitative estimate of drug-likeness (QED) is 0.812. The molecule has 2 heteroatoms. The maximum Gasteiger partial charge on any atom is 0.0449 e. The van der Waals surface area contributed by atoms with Crippen LogP contribution in [0.25, 0.3) is 0 Å². The Morgan fingerprint density at radius 1 is 1.25 bits per heavy atom. The Morgan fingerprint density at radius 2 is 2.00 bits per heavy atom. The summed E-state index contributed by atoms with van der Waals surface area (Å²) in [6, 6.07) is 12.2. The zero-order valence-electron chi connectivity index (χ0n) is 13.3. The number of likely N-dealkylation sites (tertiary alicyclic amines) is 1. The van der Waals surface area contributed by atoms with Crippen LogP contribution in [0.2, 0.25) is 0 Å². The van der Waals surface area contributed by atoms with Gasteiger partial charge in [0.25, 0.3) is 0 Å². The van der Waals surface area contributed by atoms with E-state index in [2.05, 4.69) is 61.3 Å². The summed E-state index contributed by atoms with van der Waals surface area (Å²) >= 11 is 0. The smallest absolute Gasteiger partial charge is 0.0449 e. The van der Waals surface area contributed by atoms with Gasteiger partial charge in [-0.25, -0.2) is 0 Å². The second-order valence-corrected chi connectivity index (χ2v) is 6.37. The number of hydrogen-bond acceptors (Lipinski definition) is 2. The van der Waals surface area contributed by atoms with Gasteiger partial charge in [-0.3, -0.25) is 4.90 Å². The van der Waals surface area contributed by atoms with Gasteiger partial charge >= 0.3 is 0 Å². The highest BCUT2D eigenvalue weighted by atomic mass is 15.2. The molecule has 1 aromatic carbocycles. The molecule has 2 nitrogen and oxygen atoms in total. The third kappa shape index (κ3) is 4.07. The predicted molar refractivity (Wildman–Crippen MR) is 86.9 cm³/mol. The van der Waals surface area contributed by atoms with Gasteiger partial charge in [0.1, 0.15) is 0 Å². The molecule has 2 unspecified atom stereocenters. The van der Waals surface area contributed by atoms with E-state index >= 15 is 0 Å². The van der Waals surface area contributed by atoms with Crippen molar-refractivity contribution in [3.63, 3.8) is 0 Å². The van der Waals surface area contributed by atoms with Gasteiger partial charge < -0.3 is 5.32 Å². The van der Waals surface area contributed by atoms with Crippen molar-refractivity contribution >= 4 is 0 Å². The lowest BCUT2D eigenvalue weighted by Gasteiger charge is -2.32. The van der Waals surface area contributed by atoms with Crippen molar-refractivity contribution in [1.29, 1.82) is 0 Å². The molecular weight excluding hydrogens is 244 g/mol. The van der Waals surface area contributed by atoms with Crippen LogP contribution in [0.4, 0.5) is 0 Å². The van der Waals surface area contributed by atoms with Crippen LogP contribution in [-0.2, 0) is 0 Å². The molecule has 20 heavy (non-hydrogen) atoms. The van der Waals surface area contributed by atoms with Crippen molar-refractivity contribution in [2.75, 3.05) is 19.6 Å². The summed E-state index contributed by atoms with van der Waals surface area (Å²) in [6.45, 7) is 10.5. The second kappa shape index (κ2) is 7.80. The molecule has 2 rings (SSSR count). The van der Waals surface area contributed by atoms with Crippen molar-refractivity contribution in [3.05, 3.63) is 35.9 Å². The number of nitrogens with zero attached hydrogens (tertiary/aromatic N) is 1. The molecule has 2 atom stereocenters. The van der Waals surface area contributed by atoms with E-state index in [-0.39, 0.29) is 0 Å². The summed E-state index contributed by atoms with van der Waals surface area (Å²) < 4.78 is 0. The minimum absolute atomic E-state index is 0.468. The SMILES string of the molecule is CCCNC(CN1CCCC1C(C)C)c1ccccc1. The number of nitrogens with one attached hydrogen (secondary N) is 1. The molecule has 0 saturated carbocycles. The van der Waals surface area contributed by atoms with Gasteiger partial charge in [0, 0.05) is 18.6 Å². The third-order valence-electron chi connectivity index (χ3n) is 4.44. The zero-order chi connectivity index (χ0) is 14.4. The third-order valence-corrected chi connectivity index (χ3v) is 4.44. The van der Waals surface area contributed by atoms with Gasteiger partial charge in [0.2, 0.25) is 0 Å². The molecule has 0 amide bonds. The first kappa shape index (κ1) is 15.5. The lowest BCUT2D eigenvalue weighted by Crippen LogP contribution is -2.40. The summed E-state index contributed by atoms with van der Waals surface area (Å²) in [5, 5.41) is 3.73. The maximum atomic E-state index is 3.73. The molecule has 0 aromatic heterocycles. The first-order chi connectivity index (χ1) is 9.72. The van der Waals surface area contributed by atoms with E-state index in [0.717, 1.165) is 25.0 Å². The number of hydrogen-bond donors (Lipinski definition) is 1. The molecule has 1 aliphatic rings. The minimum Gasteiger partial charge on any atom is -0.309 e. The molecule has 1 saturated heterocycles. The molecule has 1 aliphatic heterocycles. The van der Waals surface area contributed by atoms with Crippen molar-refractivity contribution < 1.29 is 0 Å². The molecule has 0 radical (unpaired) electrons. The normalized spacial score (nSPS) is 21.5. The highest BCUT2D eigenvalue weighted by Crippen LogP contribution is 2.26. The Bertz CT molecular complexity index is 374. The molecule has 1 N–H and O–H groups in total. The molecule has 0 bridgehead atoms. The molecule has 112 valence electrons. The lowest BCUT2D eigenvalue weighted by atomic mass is 10.0. The fourth-order valence-electron chi connectivity index (χ4n) is 3.36. The lowest BCUT2D eigenvalue weighted by molar-refractivity contribution is 0.186. The number of rotatable bonds is 7. The highest BCUT2D eigenvalue weighted by molar-refractivity contribution is 5.19. The van der Waals surface area contributed by atoms with Crippen LogP contribution in [0.5, 0.6) is 0 Å². The van der Waals surface area contributed by atoms with Crippen LogP contribution < -0.4 is 5.32 Å². The van der Waals surface area contributed by atoms with Gasteiger partial charge in [0.05, 0.1) is 0 Å². The zero-order valence-corrected chi connectivity index (χ0v) is 13.3. The van der Waals surface area contributed by atoms with Crippen molar-refractivity contribution in [1.82, 2.24) is 10.2 Å². The Labute approximate surface area is 124 Å². The van der Waals surface area contributed by atoms with Crippen LogP contribution in [0.3, 0.4) is 0 Å². The Hall–Kier alpha value is -0.860. The van der Waals surface area contributed by atoms with E-state index in [1.807, 2.05) is 0 Å². The van der Waals surface area contributed by atoms with Gasteiger partial charge in [-0.1, -0.05) is 51.1 Å². The molecule has 1 aromatic rings. The van der Waals surface area contributed by atoms with E-state index in [4.69, 9.17) is 0 Å². The standard InChI is InChI=1S/C18H30N2/c1-4-12-19-17(16-9-6-5-7-10-16)14-20-13-8-11-18(20)15(2)3/h5-7,9-10,15,17-19H,4,8,11-14H2,1-3H3. The minimum atomic E-state index is 0.468. The second-order valence-electron chi connectivity index (χ2n) is 6.37. The first-order valence-electron chi connectivity index (χ1n) is 8.24. The van der Waals surface area contributed by atoms with Gasteiger partial charge in [0.15, 0.2) is 0 Å². The van der Waals surface area contributed by atoms with Crippen molar-refractivity contribution in [2.45, 2.75) is 52.1 Å². The van der Waals surface area contributed by atoms with E-state index < -0.39 is 0 Å². The molecular formula is C18H30N2. The Morgan fingerprint density at radius 3 is 2.65 bits per heavy atom. The van der Waals surface area contributed by atoms with Crippen LogP contribution in [-0.4, -0.2) is 30.6 Å². The van der Waals surface area contributed by atoms with Crippen LogP contribution >= 0.6 is 0 Å². The van der Waals surface area contributed by atoms with E-state index in [9.17, 15) is 0 Å². The monoisotopic (exact) mass is 274 g/mol. The van der Waals surface area contributed by atoms with E-state index in [0.29, 0.717) is 6.04 Å². The summed E-state index contributed by atoms with van der Waals surface area (Å²) in [5.41, 5.74) is 1.43. The topological polar surface area (TPSA) is 15.3 Å². The van der Waals surface area contributed by atoms with Crippen molar-refractivity contribution in [2.24, 2.45) is 5.92 Å². The summed E-state index contributed by atoms with van der Waals surface area (Å²) in [4.78, 5) is 2.70. The van der Waals surface area contributed by atoms with E-state index in [1.54, 1.807) is 0 Å². The van der Waals surface area contributed by atoms with E-state index in [1.165, 1.54) is 31.4 Å². The first-order valence-corrected chi connectivity index (χ1v) is 8.24. The van der Waals surface area contributed by atoms with Gasteiger partial charge in [-0.15, -0.1) is 0 Å². The average molecular weight is 274 g/mol. The van der Waals surface area contributed by atoms with Gasteiger partial charge in [-0.2, -0.15) is 0 Å².